The van der Waals surface area contributed by atoms with E-state index < -0.39 is 0 Å². The molecular formula is C13H18FNO. The number of hydrogen-bond acceptors (Lipinski definition) is 2. The third-order valence-corrected chi connectivity index (χ3v) is 3.24. The number of benzene rings is 1. The highest BCUT2D eigenvalue weighted by atomic mass is 19.1. The predicted octanol–water partition coefficient (Wildman–Crippen LogP) is 2.74. The largest absolute Gasteiger partial charge is 0.487 e. The van der Waals surface area contributed by atoms with E-state index >= 15 is 0 Å². The Morgan fingerprint density at radius 3 is 2.50 bits per heavy atom. The summed E-state index contributed by atoms with van der Waals surface area (Å²) < 4.78 is 18.7. The molecule has 0 bridgehead atoms. The van der Waals surface area contributed by atoms with E-state index in [0.717, 1.165) is 31.6 Å². The van der Waals surface area contributed by atoms with Crippen LogP contribution >= 0.6 is 0 Å². The fourth-order valence-electron chi connectivity index (χ4n) is 2.08. The van der Waals surface area contributed by atoms with Crippen LogP contribution in [-0.4, -0.2) is 19.2 Å². The molecule has 2 nitrogen and oxygen atoms in total. The van der Waals surface area contributed by atoms with Crippen LogP contribution in [0.15, 0.2) is 24.3 Å². The Bertz CT molecular complexity index is 332. The van der Waals surface area contributed by atoms with Crippen molar-refractivity contribution in [3.63, 3.8) is 0 Å². The third kappa shape index (κ3) is 2.53. The lowest BCUT2D eigenvalue weighted by atomic mass is 9.77. The first-order valence-corrected chi connectivity index (χ1v) is 5.83. The van der Waals surface area contributed by atoms with E-state index in [0.29, 0.717) is 0 Å². The molecule has 16 heavy (non-hydrogen) atoms. The van der Waals surface area contributed by atoms with Gasteiger partial charge >= 0.3 is 0 Å². The van der Waals surface area contributed by atoms with Gasteiger partial charge in [0.2, 0.25) is 0 Å². The van der Waals surface area contributed by atoms with Gasteiger partial charge in [-0.05, 0) is 63.5 Å². The number of nitrogens with one attached hydrogen (secondary N) is 1. The van der Waals surface area contributed by atoms with Crippen LogP contribution in [0.1, 0.15) is 25.7 Å². The SMILES string of the molecule is CNCCC1(Oc2ccc(F)cc2)CCC1. The minimum atomic E-state index is -0.217. The van der Waals surface area contributed by atoms with Crippen molar-refractivity contribution < 1.29 is 9.13 Å². The van der Waals surface area contributed by atoms with Gasteiger partial charge in [0.05, 0.1) is 0 Å². The van der Waals surface area contributed by atoms with Crippen molar-refractivity contribution in [2.75, 3.05) is 13.6 Å². The molecule has 1 aliphatic carbocycles. The van der Waals surface area contributed by atoms with Crippen LogP contribution in [0, 0.1) is 5.82 Å². The van der Waals surface area contributed by atoms with Gasteiger partial charge in [-0.2, -0.15) is 0 Å². The molecule has 2 rings (SSSR count). The van der Waals surface area contributed by atoms with Crippen molar-refractivity contribution in [3.05, 3.63) is 30.1 Å². The van der Waals surface area contributed by atoms with Crippen molar-refractivity contribution in [2.45, 2.75) is 31.3 Å². The zero-order chi connectivity index (χ0) is 11.4. The van der Waals surface area contributed by atoms with Gasteiger partial charge < -0.3 is 10.1 Å². The van der Waals surface area contributed by atoms with Crippen LogP contribution < -0.4 is 10.1 Å². The van der Waals surface area contributed by atoms with Crippen LogP contribution in [0.4, 0.5) is 4.39 Å². The van der Waals surface area contributed by atoms with Crippen molar-refractivity contribution in [3.8, 4) is 5.75 Å². The molecule has 0 aliphatic heterocycles. The molecule has 1 aromatic carbocycles. The summed E-state index contributed by atoms with van der Waals surface area (Å²) in [4.78, 5) is 0. The molecule has 1 aromatic rings. The minimum Gasteiger partial charge on any atom is -0.487 e. The van der Waals surface area contributed by atoms with Gasteiger partial charge in [0.25, 0.3) is 0 Å². The van der Waals surface area contributed by atoms with E-state index in [1.54, 1.807) is 12.1 Å². The smallest absolute Gasteiger partial charge is 0.123 e. The van der Waals surface area contributed by atoms with Crippen molar-refractivity contribution in [1.29, 1.82) is 0 Å². The molecule has 0 unspecified atom stereocenters. The Kier molecular flexibility index (Phi) is 3.44. The Morgan fingerprint density at radius 1 is 1.31 bits per heavy atom. The summed E-state index contributed by atoms with van der Waals surface area (Å²) in [5.41, 5.74) is -0.0131. The van der Waals surface area contributed by atoms with Gasteiger partial charge in [-0.15, -0.1) is 0 Å². The number of hydrogen-bond donors (Lipinski definition) is 1. The standard InChI is InChI=1S/C13H18FNO/c1-15-10-9-13(7-2-8-13)16-12-5-3-11(14)4-6-12/h3-6,15H,2,7-10H2,1H3. The molecule has 0 aromatic heterocycles. The van der Waals surface area contributed by atoms with Crippen molar-refractivity contribution in [1.82, 2.24) is 5.32 Å². The first-order valence-electron chi connectivity index (χ1n) is 5.83. The molecule has 88 valence electrons. The lowest BCUT2D eigenvalue weighted by Crippen LogP contribution is -2.45. The van der Waals surface area contributed by atoms with E-state index in [9.17, 15) is 4.39 Å². The summed E-state index contributed by atoms with van der Waals surface area (Å²) >= 11 is 0. The first kappa shape index (κ1) is 11.4. The summed E-state index contributed by atoms with van der Waals surface area (Å²) in [6.45, 7) is 0.960. The van der Waals surface area contributed by atoms with E-state index in [-0.39, 0.29) is 11.4 Å². The van der Waals surface area contributed by atoms with Crippen molar-refractivity contribution >= 4 is 0 Å². The lowest BCUT2D eigenvalue weighted by molar-refractivity contribution is -0.0139. The zero-order valence-electron chi connectivity index (χ0n) is 9.63. The van der Waals surface area contributed by atoms with Gasteiger partial charge in [-0.1, -0.05) is 0 Å². The van der Waals surface area contributed by atoms with E-state index in [4.69, 9.17) is 4.74 Å². The van der Waals surface area contributed by atoms with E-state index in [2.05, 4.69) is 5.32 Å². The van der Waals surface area contributed by atoms with Crippen LogP contribution in [0.5, 0.6) is 5.75 Å². The summed E-state index contributed by atoms with van der Waals surface area (Å²) in [6.07, 6.45) is 4.45. The Hall–Kier alpha value is -1.09. The van der Waals surface area contributed by atoms with Crippen LogP contribution in [0.25, 0.3) is 0 Å². The van der Waals surface area contributed by atoms with Crippen LogP contribution in [0.3, 0.4) is 0 Å². The maximum atomic E-state index is 12.8. The molecule has 1 N–H and O–H groups in total. The van der Waals surface area contributed by atoms with E-state index in [1.165, 1.54) is 18.6 Å². The minimum absolute atomic E-state index is 0.0131. The highest BCUT2D eigenvalue weighted by molar-refractivity contribution is 5.23. The van der Waals surface area contributed by atoms with E-state index in [1.807, 2.05) is 7.05 Å². The molecule has 0 radical (unpaired) electrons. The summed E-state index contributed by atoms with van der Waals surface area (Å²) in [6, 6.07) is 6.29. The number of ether oxygens (including phenoxy) is 1. The van der Waals surface area contributed by atoms with Crippen LogP contribution in [0.2, 0.25) is 0 Å². The second-order valence-electron chi connectivity index (χ2n) is 4.45. The second kappa shape index (κ2) is 4.83. The Labute approximate surface area is 95.8 Å². The normalized spacial score (nSPS) is 17.9. The highest BCUT2D eigenvalue weighted by Crippen LogP contribution is 2.39. The summed E-state index contributed by atoms with van der Waals surface area (Å²) in [5, 5.41) is 3.15. The molecule has 0 heterocycles. The average Bonchev–Trinajstić information content (AvgIpc) is 2.25. The molecule has 0 atom stereocenters. The number of halogens is 1. The zero-order valence-corrected chi connectivity index (χ0v) is 9.63. The monoisotopic (exact) mass is 223 g/mol. The van der Waals surface area contributed by atoms with Gasteiger partial charge in [-0.3, -0.25) is 0 Å². The Morgan fingerprint density at radius 2 is 2.00 bits per heavy atom. The quantitative estimate of drug-likeness (QED) is 0.828. The first-order chi connectivity index (χ1) is 7.74. The molecule has 3 heteroatoms. The lowest BCUT2D eigenvalue weighted by Gasteiger charge is -2.42. The number of rotatable bonds is 5. The maximum Gasteiger partial charge on any atom is 0.123 e. The summed E-state index contributed by atoms with van der Waals surface area (Å²) in [7, 11) is 1.95. The van der Waals surface area contributed by atoms with Crippen molar-refractivity contribution in [2.24, 2.45) is 0 Å². The molecule has 0 saturated heterocycles. The summed E-state index contributed by atoms with van der Waals surface area (Å²) in [5.74, 6) is 0.558. The molecule has 1 aliphatic rings. The van der Waals surface area contributed by atoms with Crippen LogP contribution in [-0.2, 0) is 0 Å². The molecule has 1 fully saturated rings. The predicted molar refractivity (Wildman–Crippen MR) is 62.2 cm³/mol. The Balaban J connectivity index is 1.98. The third-order valence-electron chi connectivity index (χ3n) is 3.24. The fraction of sp³-hybridized carbons (Fsp3) is 0.538. The maximum absolute atomic E-state index is 12.8. The topological polar surface area (TPSA) is 21.3 Å². The van der Waals surface area contributed by atoms with Gasteiger partial charge in [0, 0.05) is 0 Å². The molecule has 1 saturated carbocycles. The molecule has 0 amide bonds. The highest BCUT2D eigenvalue weighted by Gasteiger charge is 2.38. The van der Waals surface area contributed by atoms with Gasteiger partial charge in [-0.25, -0.2) is 4.39 Å². The van der Waals surface area contributed by atoms with Gasteiger partial charge in [0.15, 0.2) is 0 Å². The fourth-order valence-corrected chi connectivity index (χ4v) is 2.08. The molecular weight excluding hydrogens is 205 g/mol. The second-order valence-corrected chi connectivity index (χ2v) is 4.45. The molecule has 0 spiro atoms. The average molecular weight is 223 g/mol. The van der Waals surface area contributed by atoms with Gasteiger partial charge in [0.1, 0.15) is 17.2 Å².